The molecule has 4 aromatic rings. The highest BCUT2D eigenvalue weighted by Crippen LogP contribution is 2.19. The van der Waals surface area contributed by atoms with E-state index in [1.807, 2.05) is 41.3 Å². The van der Waals surface area contributed by atoms with Crippen molar-refractivity contribution in [2.45, 2.75) is 26.4 Å². The summed E-state index contributed by atoms with van der Waals surface area (Å²) >= 11 is 0. The van der Waals surface area contributed by atoms with E-state index in [0.717, 1.165) is 48.5 Å². The van der Waals surface area contributed by atoms with Crippen molar-refractivity contribution in [2.24, 2.45) is 4.99 Å². The molecule has 0 saturated carbocycles. The maximum atomic E-state index is 13.4. The van der Waals surface area contributed by atoms with E-state index in [1.54, 1.807) is 6.20 Å². The number of aromatic amines is 1. The van der Waals surface area contributed by atoms with Crippen molar-refractivity contribution in [2.75, 3.05) is 13.1 Å². The van der Waals surface area contributed by atoms with Crippen LogP contribution in [0.25, 0.3) is 10.9 Å². The molecule has 6 nitrogen and oxygen atoms in total. The predicted molar refractivity (Wildman–Crippen MR) is 138 cm³/mol. The Morgan fingerprint density at radius 1 is 1.09 bits per heavy atom. The van der Waals surface area contributed by atoms with Gasteiger partial charge in [0, 0.05) is 42.6 Å². The Morgan fingerprint density at radius 3 is 2.72 bits per heavy atom. The second-order valence-corrected chi connectivity index (χ2v) is 7.35. The Morgan fingerprint density at radius 2 is 1.94 bits per heavy atom. The van der Waals surface area contributed by atoms with Crippen molar-refractivity contribution >= 4 is 40.8 Å². The fourth-order valence-corrected chi connectivity index (χ4v) is 3.62. The minimum absolute atomic E-state index is 0. The maximum Gasteiger partial charge on any atom is 0.191 e. The molecule has 2 heterocycles. The van der Waals surface area contributed by atoms with Crippen LogP contribution in [0.2, 0.25) is 0 Å². The summed E-state index contributed by atoms with van der Waals surface area (Å²) in [6, 6.07) is 15.1. The Kier molecular flexibility index (Phi) is 8.66. The molecule has 32 heavy (non-hydrogen) atoms. The number of nitrogens with one attached hydrogen (secondary N) is 3. The van der Waals surface area contributed by atoms with Gasteiger partial charge in [0.2, 0.25) is 0 Å². The Labute approximate surface area is 204 Å². The van der Waals surface area contributed by atoms with Crippen LogP contribution in [0.5, 0.6) is 0 Å². The molecular formula is C24H28FIN6. The minimum atomic E-state index is -0.228. The summed E-state index contributed by atoms with van der Waals surface area (Å²) in [6.45, 7) is 4.87. The number of H-pyrrole nitrogens is 1. The lowest BCUT2D eigenvalue weighted by Gasteiger charge is -2.12. The van der Waals surface area contributed by atoms with E-state index < -0.39 is 0 Å². The van der Waals surface area contributed by atoms with Crippen LogP contribution in [0, 0.1) is 5.82 Å². The van der Waals surface area contributed by atoms with E-state index in [4.69, 9.17) is 4.99 Å². The first-order valence-corrected chi connectivity index (χ1v) is 10.5. The van der Waals surface area contributed by atoms with Gasteiger partial charge in [-0.3, -0.25) is 4.68 Å². The van der Waals surface area contributed by atoms with Crippen LogP contribution in [0.3, 0.4) is 0 Å². The van der Waals surface area contributed by atoms with Crippen molar-refractivity contribution in [3.8, 4) is 0 Å². The lowest BCUT2D eigenvalue weighted by Crippen LogP contribution is -2.38. The molecule has 8 heteroatoms. The number of guanidine groups is 1. The predicted octanol–water partition coefficient (Wildman–Crippen LogP) is 4.47. The number of aliphatic imine (C=N–C) groups is 1. The number of benzene rings is 2. The number of hydrogen-bond acceptors (Lipinski definition) is 2. The first-order chi connectivity index (χ1) is 15.2. The van der Waals surface area contributed by atoms with Crippen molar-refractivity contribution in [1.29, 1.82) is 0 Å². The van der Waals surface area contributed by atoms with Crippen LogP contribution in [-0.4, -0.2) is 33.8 Å². The quantitative estimate of drug-likeness (QED) is 0.174. The third-order valence-electron chi connectivity index (χ3n) is 5.18. The zero-order valence-corrected chi connectivity index (χ0v) is 20.3. The van der Waals surface area contributed by atoms with E-state index >= 15 is 0 Å². The van der Waals surface area contributed by atoms with Crippen molar-refractivity contribution in [3.63, 3.8) is 0 Å². The summed E-state index contributed by atoms with van der Waals surface area (Å²) in [4.78, 5) is 7.92. The smallest absolute Gasteiger partial charge is 0.191 e. The fourth-order valence-electron chi connectivity index (χ4n) is 3.62. The second kappa shape index (κ2) is 11.7. The largest absolute Gasteiger partial charge is 0.361 e. The molecule has 2 aromatic carbocycles. The second-order valence-electron chi connectivity index (χ2n) is 7.35. The standard InChI is InChI=1S/C24H27FN6.HI/c1-2-26-24(27-12-10-19-16-28-23-14-21(25)8-9-22(19)23)29-15-18-6-3-4-7-20(18)17-31-13-5-11-30-31;/h3-9,11,13-14,16,28H,2,10,12,15,17H2,1H3,(H2,26,27,29);1H. The van der Waals surface area contributed by atoms with Crippen LogP contribution in [0.4, 0.5) is 4.39 Å². The van der Waals surface area contributed by atoms with Gasteiger partial charge in [0.05, 0.1) is 13.1 Å². The van der Waals surface area contributed by atoms with Crippen LogP contribution in [0.1, 0.15) is 23.6 Å². The molecule has 2 aromatic heterocycles. The van der Waals surface area contributed by atoms with Crippen molar-refractivity contribution < 1.29 is 4.39 Å². The van der Waals surface area contributed by atoms with Crippen LogP contribution in [0.15, 0.2) is 72.1 Å². The molecule has 4 rings (SSSR count). The van der Waals surface area contributed by atoms with Gasteiger partial charge in [0.1, 0.15) is 5.82 Å². The summed E-state index contributed by atoms with van der Waals surface area (Å²) in [5.74, 6) is 0.552. The van der Waals surface area contributed by atoms with Gasteiger partial charge in [-0.2, -0.15) is 5.10 Å². The molecule has 0 aliphatic carbocycles. The van der Waals surface area contributed by atoms with E-state index in [9.17, 15) is 4.39 Å². The molecule has 0 amide bonds. The molecule has 0 bridgehead atoms. The number of fused-ring (bicyclic) bond motifs is 1. The summed E-state index contributed by atoms with van der Waals surface area (Å²) < 4.78 is 15.3. The molecule has 0 spiro atoms. The third-order valence-corrected chi connectivity index (χ3v) is 5.18. The summed E-state index contributed by atoms with van der Waals surface area (Å²) in [5.41, 5.74) is 4.36. The average Bonchev–Trinajstić information content (AvgIpc) is 3.42. The highest BCUT2D eigenvalue weighted by molar-refractivity contribution is 14.0. The molecule has 0 unspecified atom stereocenters. The molecule has 0 fully saturated rings. The molecule has 0 aliphatic heterocycles. The zero-order valence-electron chi connectivity index (χ0n) is 18.0. The number of rotatable bonds is 8. The van der Waals surface area contributed by atoms with Gasteiger partial charge in [-0.05, 0) is 54.3 Å². The fraction of sp³-hybridized carbons (Fsp3) is 0.250. The highest BCUT2D eigenvalue weighted by Gasteiger charge is 2.06. The number of aromatic nitrogens is 3. The maximum absolute atomic E-state index is 13.4. The van der Waals surface area contributed by atoms with Crippen LogP contribution < -0.4 is 10.6 Å². The van der Waals surface area contributed by atoms with Crippen molar-refractivity contribution in [3.05, 3.63) is 89.6 Å². The van der Waals surface area contributed by atoms with Gasteiger partial charge < -0.3 is 15.6 Å². The Balaban J connectivity index is 0.00000289. The van der Waals surface area contributed by atoms with Gasteiger partial charge in [-0.15, -0.1) is 24.0 Å². The number of halogens is 2. The summed E-state index contributed by atoms with van der Waals surface area (Å²) in [6.07, 6.45) is 6.51. The summed E-state index contributed by atoms with van der Waals surface area (Å²) in [7, 11) is 0. The van der Waals surface area contributed by atoms with Crippen LogP contribution >= 0.6 is 24.0 Å². The topological polar surface area (TPSA) is 70.0 Å². The Hall–Kier alpha value is -2.88. The number of nitrogens with zero attached hydrogens (tertiary/aromatic N) is 3. The van der Waals surface area contributed by atoms with Gasteiger partial charge in [-0.25, -0.2) is 9.38 Å². The van der Waals surface area contributed by atoms with Gasteiger partial charge >= 0.3 is 0 Å². The SMILES string of the molecule is CCNC(=NCc1ccccc1Cn1cccn1)NCCc1c[nH]c2cc(F)ccc12.I. The average molecular weight is 546 g/mol. The van der Waals surface area contributed by atoms with Crippen molar-refractivity contribution in [1.82, 2.24) is 25.4 Å². The first-order valence-electron chi connectivity index (χ1n) is 10.5. The Bertz CT molecular complexity index is 1150. The van der Waals surface area contributed by atoms with Gasteiger partial charge in [0.25, 0.3) is 0 Å². The van der Waals surface area contributed by atoms with E-state index in [2.05, 4.69) is 39.8 Å². The normalized spacial score (nSPS) is 11.4. The third kappa shape index (κ3) is 6.09. The van der Waals surface area contributed by atoms with Gasteiger partial charge in [-0.1, -0.05) is 24.3 Å². The molecule has 0 aliphatic rings. The molecule has 0 radical (unpaired) electrons. The molecular weight excluding hydrogens is 518 g/mol. The van der Waals surface area contributed by atoms with E-state index in [0.29, 0.717) is 6.54 Å². The van der Waals surface area contributed by atoms with E-state index in [1.165, 1.54) is 23.3 Å². The molecule has 0 atom stereocenters. The number of hydrogen-bond donors (Lipinski definition) is 3. The monoisotopic (exact) mass is 546 g/mol. The lowest BCUT2D eigenvalue weighted by molar-refractivity contribution is 0.629. The molecule has 168 valence electrons. The van der Waals surface area contributed by atoms with Crippen LogP contribution in [-0.2, 0) is 19.5 Å². The molecule has 3 N–H and O–H groups in total. The van der Waals surface area contributed by atoms with Gasteiger partial charge in [0.15, 0.2) is 5.96 Å². The highest BCUT2D eigenvalue weighted by atomic mass is 127. The lowest BCUT2D eigenvalue weighted by atomic mass is 10.1. The minimum Gasteiger partial charge on any atom is -0.361 e. The first kappa shape index (κ1) is 23.8. The molecule has 0 saturated heterocycles. The van der Waals surface area contributed by atoms with E-state index in [-0.39, 0.29) is 29.8 Å². The zero-order chi connectivity index (χ0) is 21.5. The summed E-state index contributed by atoms with van der Waals surface area (Å²) in [5, 5.41) is 12.1.